The maximum atomic E-state index is 12.6. The van der Waals surface area contributed by atoms with Crippen LogP contribution >= 0.6 is 11.6 Å². The zero-order chi connectivity index (χ0) is 22.4. The average Bonchev–Trinajstić information content (AvgIpc) is 2.76. The Morgan fingerprint density at radius 3 is 2.16 bits per heavy atom. The van der Waals surface area contributed by atoms with Crippen LogP contribution in [0.2, 0.25) is 5.02 Å². The zero-order valence-electron chi connectivity index (χ0n) is 16.8. The van der Waals surface area contributed by atoms with Gasteiger partial charge in [-0.1, -0.05) is 23.7 Å². The van der Waals surface area contributed by atoms with Gasteiger partial charge in [0.05, 0.1) is 22.7 Å². The molecule has 1 amide bonds. The molecule has 0 aliphatic rings. The lowest BCUT2D eigenvalue weighted by atomic mass is 10.3. The summed E-state index contributed by atoms with van der Waals surface area (Å²) in [7, 11) is -2.26. The first-order valence-corrected chi connectivity index (χ1v) is 11.1. The van der Waals surface area contributed by atoms with E-state index in [-0.39, 0.29) is 16.5 Å². The molecular weight excluding hydrogens is 440 g/mol. The van der Waals surface area contributed by atoms with Crippen molar-refractivity contribution < 1.29 is 22.7 Å². The second kappa shape index (κ2) is 9.72. The SMILES string of the molecule is COc1ccc(O[C@H](C)C(=O)Nc2ccc(S(=O)(=O)Nc3ccccc3Cl)cc2)cc1. The number of hydrogen-bond acceptors (Lipinski definition) is 5. The highest BCUT2D eigenvalue weighted by molar-refractivity contribution is 7.92. The van der Waals surface area contributed by atoms with Gasteiger partial charge < -0.3 is 14.8 Å². The number of para-hydroxylation sites is 1. The molecule has 0 bridgehead atoms. The monoisotopic (exact) mass is 460 g/mol. The van der Waals surface area contributed by atoms with E-state index >= 15 is 0 Å². The van der Waals surface area contributed by atoms with E-state index in [1.165, 1.54) is 24.3 Å². The molecule has 0 heterocycles. The lowest BCUT2D eigenvalue weighted by Gasteiger charge is -2.15. The van der Waals surface area contributed by atoms with Crippen LogP contribution in [0.5, 0.6) is 11.5 Å². The van der Waals surface area contributed by atoms with Crippen molar-refractivity contribution in [1.82, 2.24) is 0 Å². The van der Waals surface area contributed by atoms with Gasteiger partial charge in [-0.3, -0.25) is 9.52 Å². The third kappa shape index (κ3) is 5.90. The van der Waals surface area contributed by atoms with E-state index < -0.39 is 16.1 Å². The van der Waals surface area contributed by atoms with Crippen LogP contribution in [0.3, 0.4) is 0 Å². The fourth-order valence-corrected chi connectivity index (χ4v) is 3.94. The first-order chi connectivity index (χ1) is 14.8. The molecular formula is C22H21ClN2O5S. The number of hydrogen-bond donors (Lipinski definition) is 2. The molecule has 0 unspecified atom stereocenters. The van der Waals surface area contributed by atoms with Crippen LogP contribution in [0.1, 0.15) is 6.92 Å². The Morgan fingerprint density at radius 2 is 1.55 bits per heavy atom. The number of methoxy groups -OCH3 is 1. The van der Waals surface area contributed by atoms with Crippen LogP contribution in [0.25, 0.3) is 0 Å². The molecule has 9 heteroatoms. The summed E-state index contributed by atoms with van der Waals surface area (Å²) in [5, 5.41) is 2.99. The number of halogens is 1. The maximum absolute atomic E-state index is 12.6. The van der Waals surface area contributed by atoms with Crippen LogP contribution in [-0.4, -0.2) is 27.5 Å². The number of anilines is 2. The molecule has 7 nitrogen and oxygen atoms in total. The Morgan fingerprint density at radius 1 is 0.935 bits per heavy atom. The Labute approximate surface area is 186 Å². The number of benzene rings is 3. The van der Waals surface area contributed by atoms with Crippen LogP contribution in [-0.2, 0) is 14.8 Å². The molecule has 0 aliphatic carbocycles. The number of amides is 1. The first kappa shape index (κ1) is 22.5. The zero-order valence-corrected chi connectivity index (χ0v) is 18.4. The molecule has 31 heavy (non-hydrogen) atoms. The largest absolute Gasteiger partial charge is 0.497 e. The van der Waals surface area contributed by atoms with Crippen molar-refractivity contribution in [3.8, 4) is 11.5 Å². The van der Waals surface area contributed by atoms with E-state index in [1.807, 2.05) is 0 Å². The first-order valence-electron chi connectivity index (χ1n) is 9.27. The number of nitrogens with one attached hydrogen (secondary N) is 2. The third-order valence-corrected chi connectivity index (χ3v) is 6.00. The molecule has 2 N–H and O–H groups in total. The van der Waals surface area contributed by atoms with E-state index in [2.05, 4.69) is 10.0 Å². The molecule has 0 radical (unpaired) electrons. The summed E-state index contributed by atoms with van der Waals surface area (Å²) in [5.74, 6) is 0.833. The number of ether oxygens (including phenoxy) is 2. The molecule has 3 aromatic rings. The Kier molecular flexibility index (Phi) is 7.04. The molecule has 0 saturated heterocycles. The van der Waals surface area contributed by atoms with Gasteiger partial charge in [0.15, 0.2) is 6.10 Å². The number of rotatable bonds is 8. The molecule has 1 atom stereocenters. The van der Waals surface area contributed by atoms with Gasteiger partial charge in [0.2, 0.25) is 0 Å². The molecule has 3 aromatic carbocycles. The van der Waals surface area contributed by atoms with Crippen molar-refractivity contribution in [1.29, 1.82) is 0 Å². The van der Waals surface area contributed by atoms with Gasteiger partial charge in [-0.25, -0.2) is 8.42 Å². The summed E-state index contributed by atoms with van der Waals surface area (Å²) < 4.78 is 38.3. The van der Waals surface area contributed by atoms with Crippen molar-refractivity contribution in [2.45, 2.75) is 17.9 Å². The Bertz CT molecular complexity index is 1150. The molecule has 3 rings (SSSR count). The predicted octanol–water partition coefficient (Wildman–Crippen LogP) is 4.56. The lowest BCUT2D eigenvalue weighted by Crippen LogP contribution is -2.30. The highest BCUT2D eigenvalue weighted by Crippen LogP contribution is 2.25. The van der Waals surface area contributed by atoms with E-state index in [0.717, 1.165) is 0 Å². The highest BCUT2D eigenvalue weighted by atomic mass is 35.5. The average molecular weight is 461 g/mol. The van der Waals surface area contributed by atoms with Crippen molar-refractivity contribution in [3.63, 3.8) is 0 Å². The molecule has 0 fully saturated rings. The predicted molar refractivity (Wildman–Crippen MR) is 120 cm³/mol. The number of carbonyl (C=O) groups is 1. The summed E-state index contributed by atoms with van der Waals surface area (Å²) in [5.41, 5.74) is 0.720. The number of carbonyl (C=O) groups excluding carboxylic acids is 1. The summed E-state index contributed by atoms with van der Waals surface area (Å²) in [6.45, 7) is 1.62. The molecule has 162 valence electrons. The fourth-order valence-electron chi connectivity index (χ4n) is 2.62. The van der Waals surface area contributed by atoms with E-state index in [1.54, 1.807) is 62.6 Å². The number of sulfonamides is 1. The van der Waals surface area contributed by atoms with Crippen LogP contribution in [0, 0.1) is 0 Å². The van der Waals surface area contributed by atoms with Gasteiger partial charge in [-0.2, -0.15) is 0 Å². The summed E-state index contributed by atoms with van der Waals surface area (Å²) in [4.78, 5) is 12.4. The minimum Gasteiger partial charge on any atom is -0.497 e. The van der Waals surface area contributed by atoms with Gasteiger partial charge in [-0.05, 0) is 67.6 Å². The van der Waals surface area contributed by atoms with Crippen molar-refractivity contribution in [3.05, 3.63) is 77.8 Å². The molecule has 0 aliphatic heterocycles. The summed E-state index contributed by atoms with van der Waals surface area (Å²) in [6.07, 6.45) is -0.765. The topological polar surface area (TPSA) is 93.7 Å². The quantitative estimate of drug-likeness (QED) is 0.514. The van der Waals surface area contributed by atoms with Crippen molar-refractivity contribution >= 4 is 38.9 Å². The minimum atomic E-state index is -3.83. The van der Waals surface area contributed by atoms with E-state index in [9.17, 15) is 13.2 Å². The molecule has 0 saturated carbocycles. The van der Waals surface area contributed by atoms with Crippen molar-refractivity contribution in [2.75, 3.05) is 17.1 Å². The summed E-state index contributed by atoms with van der Waals surface area (Å²) in [6, 6.07) is 19.2. The fraction of sp³-hybridized carbons (Fsp3) is 0.136. The molecule has 0 aromatic heterocycles. The third-order valence-electron chi connectivity index (χ3n) is 4.29. The van der Waals surface area contributed by atoms with Gasteiger partial charge >= 0.3 is 0 Å². The van der Waals surface area contributed by atoms with Gasteiger partial charge in [0, 0.05) is 5.69 Å². The van der Waals surface area contributed by atoms with E-state index in [0.29, 0.717) is 22.2 Å². The van der Waals surface area contributed by atoms with Crippen LogP contribution in [0.4, 0.5) is 11.4 Å². The van der Waals surface area contributed by atoms with Gasteiger partial charge in [0.1, 0.15) is 11.5 Å². The second-order valence-electron chi connectivity index (χ2n) is 6.53. The normalized spacial score (nSPS) is 12.0. The maximum Gasteiger partial charge on any atom is 0.265 e. The standard InChI is InChI=1S/C22H21ClN2O5S/c1-15(30-18-11-9-17(29-2)10-12-18)22(26)24-16-7-13-19(14-8-16)31(27,28)25-21-6-4-3-5-20(21)23/h3-15,25H,1-2H3,(H,24,26)/t15-/m1/s1. The highest BCUT2D eigenvalue weighted by Gasteiger charge is 2.18. The Hall–Kier alpha value is -3.23. The van der Waals surface area contributed by atoms with Crippen LogP contribution in [0.15, 0.2) is 77.7 Å². The molecule has 0 spiro atoms. The van der Waals surface area contributed by atoms with Crippen molar-refractivity contribution in [2.24, 2.45) is 0 Å². The smallest absolute Gasteiger partial charge is 0.265 e. The van der Waals surface area contributed by atoms with Gasteiger partial charge in [-0.15, -0.1) is 0 Å². The van der Waals surface area contributed by atoms with E-state index in [4.69, 9.17) is 21.1 Å². The second-order valence-corrected chi connectivity index (χ2v) is 8.62. The minimum absolute atomic E-state index is 0.0351. The Balaban J connectivity index is 1.62. The van der Waals surface area contributed by atoms with Gasteiger partial charge in [0.25, 0.3) is 15.9 Å². The van der Waals surface area contributed by atoms with Crippen LogP contribution < -0.4 is 19.5 Å². The summed E-state index contributed by atoms with van der Waals surface area (Å²) >= 11 is 6.01. The lowest BCUT2D eigenvalue weighted by molar-refractivity contribution is -0.122.